The van der Waals surface area contributed by atoms with E-state index in [9.17, 15) is 0 Å². The van der Waals surface area contributed by atoms with E-state index in [0.29, 0.717) is 0 Å². The van der Waals surface area contributed by atoms with Crippen molar-refractivity contribution in [2.24, 2.45) is 0 Å². The normalized spacial score (nSPS) is 10.0. The lowest BCUT2D eigenvalue weighted by Crippen LogP contribution is -1.89. The molecule has 0 amide bonds. The van der Waals surface area contributed by atoms with Crippen LogP contribution in [0.5, 0.6) is 0 Å². The van der Waals surface area contributed by atoms with Gasteiger partial charge in [-0.3, -0.25) is 9.11 Å². The summed E-state index contributed by atoms with van der Waals surface area (Å²) < 4.78 is 31.6. The van der Waals surface area contributed by atoms with Crippen molar-refractivity contribution < 1.29 is 17.5 Å². The molecule has 7 heteroatoms. The highest BCUT2D eigenvalue weighted by Gasteiger charge is 1.84. The smallest absolute Gasteiger partial charge is 0.264 e. The van der Waals surface area contributed by atoms with E-state index in [1.807, 2.05) is 0 Å². The molecule has 4 nitrogen and oxygen atoms in total. The third-order valence-corrected chi connectivity index (χ3v) is 0. The van der Waals surface area contributed by atoms with Gasteiger partial charge in [0.05, 0.1) is 0 Å². The van der Waals surface area contributed by atoms with Gasteiger partial charge in [-0.1, -0.05) is 0 Å². The van der Waals surface area contributed by atoms with Crippen LogP contribution in [0.4, 0.5) is 0 Å². The van der Waals surface area contributed by atoms with Crippen molar-refractivity contribution >= 4 is 29.9 Å². The largest absolute Gasteiger partial charge is 0.394 e. The second-order valence-corrected chi connectivity index (χ2v) is 1.34. The highest BCUT2D eigenvalue weighted by Crippen LogP contribution is 1.59. The van der Waals surface area contributed by atoms with Gasteiger partial charge in [0.2, 0.25) is 0 Å². The van der Waals surface area contributed by atoms with Gasteiger partial charge in [0.1, 0.15) is 0 Å². The lowest BCUT2D eigenvalue weighted by atomic mass is 15.8. The molecule has 0 heterocycles. The van der Waals surface area contributed by atoms with E-state index in [2.05, 4.69) is 0 Å². The lowest BCUT2D eigenvalue weighted by Gasteiger charge is -1.68. The van der Waals surface area contributed by atoms with E-state index in [4.69, 9.17) is 17.5 Å². The van der Waals surface area contributed by atoms with Crippen LogP contribution in [0.2, 0.25) is 0 Å². The molecule has 0 atom stereocenters. The molecule has 0 aliphatic carbocycles. The summed E-state index contributed by atoms with van der Waals surface area (Å²) in [6.45, 7) is 0. The Morgan fingerprint density at radius 2 is 1.14 bits per heavy atom. The summed E-state index contributed by atoms with van der Waals surface area (Å²) in [5.74, 6) is 0. The number of hydrogen-bond acceptors (Lipinski definition) is 2. The molecule has 0 aromatic rings. The van der Waals surface area contributed by atoms with Gasteiger partial charge in [-0.25, -0.2) is 0 Å². The van der Waals surface area contributed by atoms with Gasteiger partial charge < -0.3 is 0 Å². The van der Waals surface area contributed by atoms with E-state index >= 15 is 0 Å². The first-order chi connectivity index (χ1) is 3.00. The Morgan fingerprint density at radius 1 is 1.14 bits per heavy atom. The fourth-order valence-corrected chi connectivity index (χ4v) is 0. The molecular formula is H8O4SSi2. The molecule has 0 aromatic carbocycles. The van der Waals surface area contributed by atoms with E-state index < -0.39 is 10.4 Å². The zero-order valence-electron chi connectivity index (χ0n) is 4.12. The minimum atomic E-state index is -4.67. The Balaban J connectivity index is 0. The van der Waals surface area contributed by atoms with Crippen LogP contribution in [-0.4, -0.2) is 37.0 Å². The SMILES string of the molecule is O=S(=O)(O)O.[SiH3][SiH3]. The molecule has 0 radical (unpaired) electrons. The molecule has 0 spiro atoms. The third-order valence-electron chi connectivity index (χ3n) is 0. The van der Waals surface area contributed by atoms with Gasteiger partial charge >= 0.3 is 10.4 Å². The summed E-state index contributed by atoms with van der Waals surface area (Å²) >= 11 is 0. The van der Waals surface area contributed by atoms with Gasteiger partial charge in [0.15, 0.2) is 0 Å². The summed E-state index contributed by atoms with van der Waals surface area (Å²) in [4.78, 5) is 0. The lowest BCUT2D eigenvalue weighted by molar-refractivity contribution is 0.381. The molecule has 0 saturated heterocycles. The second kappa shape index (κ2) is 4.46. The summed E-state index contributed by atoms with van der Waals surface area (Å²) in [5.41, 5.74) is 0. The van der Waals surface area contributed by atoms with Crippen molar-refractivity contribution in [3.8, 4) is 0 Å². The second-order valence-electron chi connectivity index (χ2n) is 0.448. The molecule has 0 aromatic heterocycles. The van der Waals surface area contributed by atoms with Crippen molar-refractivity contribution in [1.29, 1.82) is 0 Å². The highest BCUT2D eigenvalue weighted by atomic mass is 32.3. The van der Waals surface area contributed by atoms with Crippen LogP contribution >= 0.6 is 0 Å². The number of rotatable bonds is 0. The Hall–Kier alpha value is 0.304. The van der Waals surface area contributed by atoms with Crippen LogP contribution in [0, 0.1) is 0 Å². The zero-order chi connectivity index (χ0) is 6.50. The maximum Gasteiger partial charge on any atom is 0.394 e. The first kappa shape index (κ1) is 10.3. The predicted molar refractivity (Wildman–Crippen MR) is 34.1 cm³/mol. The number of hydrogen-bond donors (Lipinski definition) is 2. The Bertz CT molecular complexity index is 92.9. The van der Waals surface area contributed by atoms with E-state index in [-0.39, 0.29) is 0 Å². The minimum absolute atomic E-state index is 1.44. The molecule has 46 valence electrons. The molecular weight excluding hydrogens is 152 g/mol. The summed E-state index contributed by atoms with van der Waals surface area (Å²) in [6.07, 6.45) is 0. The zero-order valence-corrected chi connectivity index (χ0v) is 8.94. The van der Waals surface area contributed by atoms with Crippen molar-refractivity contribution in [3.63, 3.8) is 0 Å². The van der Waals surface area contributed by atoms with E-state index in [1.54, 1.807) is 0 Å². The standard InChI is InChI=1S/H2O4S.H6Si2/c1-5(2,3)4;1-2/h(H2,1,2,3,4);1-2H3. The molecule has 0 fully saturated rings. The maximum atomic E-state index is 8.74. The summed E-state index contributed by atoms with van der Waals surface area (Å²) in [5, 5.41) is 0. The van der Waals surface area contributed by atoms with Crippen LogP contribution in [0.25, 0.3) is 0 Å². The monoisotopic (exact) mass is 160 g/mol. The Morgan fingerprint density at radius 3 is 1.14 bits per heavy atom. The molecule has 2 N–H and O–H groups in total. The van der Waals surface area contributed by atoms with Crippen LogP contribution < -0.4 is 0 Å². The summed E-state index contributed by atoms with van der Waals surface area (Å²) in [7, 11) is -1.78. The van der Waals surface area contributed by atoms with E-state index in [1.165, 1.54) is 19.5 Å². The molecule has 0 bridgehead atoms. The molecule has 0 aliphatic rings. The molecule has 7 heavy (non-hydrogen) atoms. The summed E-state index contributed by atoms with van der Waals surface area (Å²) in [6, 6.07) is 0. The van der Waals surface area contributed by atoms with E-state index in [0.717, 1.165) is 0 Å². The highest BCUT2D eigenvalue weighted by molar-refractivity contribution is 7.79. The van der Waals surface area contributed by atoms with Crippen molar-refractivity contribution in [2.45, 2.75) is 0 Å². The first-order valence-corrected chi connectivity index (χ1v) is 11.1. The Kier molecular flexibility index (Phi) is 6.58. The van der Waals surface area contributed by atoms with Gasteiger partial charge in [-0.05, 0) is 19.5 Å². The molecule has 0 aliphatic heterocycles. The van der Waals surface area contributed by atoms with Crippen molar-refractivity contribution in [1.82, 2.24) is 0 Å². The van der Waals surface area contributed by atoms with Gasteiger partial charge in [0, 0.05) is 0 Å². The first-order valence-electron chi connectivity index (χ1n) is 1.70. The topological polar surface area (TPSA) is 74.6 Å². The van der Waals surface area contributed by atoms with Crippen LogP contribution in [0.15, 0.2) is 0 Å². The van der Waals surface area contributed by atoms with Gasteiger partial charge in [0.25, 0.3) is 0 Å². The van der Waals surface area contributed by atoms with Gasteiger partial charge in [-0.15, -0.1) is 0 Å². The average molecular weight is 160 g/mol. The molecule has 0 unspecified atom stereocenters. The predicted octanol–water partition coefficient (Wildman–Crippen LogP) is -3.02. The van der Waals surface area contributed by atoms with Crippen molar-refractivity contribution in [3.05, 3.63) is 0 Å². The fraction of sp³-hybridized carbons (Fsp3) is 0. The minimum Gasteiger partial charge on any atom is -0.264 e. The molecule has 0 saturated carbocycles. The van der Waals surface area contributed by atoms with Crippen LogP contribution in [0.3, 0.4) is 0 Å². The Labute approximate surface area is 48.1 Å². The quantitative estimate of drug-likeness (QED) is 0.292. The van der Waals surface area contributed by atoms with Crippen molar-refractivity contribution in [2.75, 3.05) is 0 Å². The third kappa shape index (κ3) is 1270. The fourth-order valence-electron chi connectivity index (χ4n) is 0. The maximum absolute atomic E-state index is 8.74. The average Bonchev–Trinajstić information content (AvgIpc) is 1.36. The molecule has 0 rings (SSSR count). The van der Waals surface area contributed by atoms with Gasteiger partial charge in [-0.2, -0.15) is 8.42 Å². The van der Waals surface area contributed by atoms with Crippen LogP contribution in [0.1, 0.15) is 0 Å². The van der Waals surface area contributed by atoms with Crippen LogP contribution in [-0.2, 0) is 10.4 Å².